The predicted molar refractivity (Wildman–Crippen MR) is 63.4 cm³/mol. The van der Waals surface area contributed by atoms with Gasteiger partial charge in [-0.2, -0.15) is 0 Å². The van der Waals surface area contributed by atoms with E-state index in [1.807, 2.05) is 26.0 Å². The maximum absolute atomic E-state index is 11.8. The molecule has 2 nitrogen and oxygen atoms in total. The molecule has 16 heavy (non-hydrogen) atoms. The predicted octanol–water partition coefficient (Wildman–Crippen LogP) is 2.19. The lowest BCUT2D eigenvalue weighted by atomic mass is 9.99. The molecular formula is C14H18O2. The molecule has 2 heteroatoms. The Morgan fingerprint density at radius 3 is 2.38 bits per heavy atom. The van der Waals surface area contributed by atoms with Gasteiger partial charge in [-0.25, -0.2) is 0 Å². The van der Waals surface area contributed by atoms with Gasteiger partial charge in [-0.1, -0.05) is 29.3 Å². The van der Waals surface area contributed by atoms with E-state index in [-0.39, 0.29) is 11.7 Å². The highest BCUT2D eigenvalue weighted by Crippen LogP contribution is 2.33. The van der Waals surface area contributed by atoms with E-state index in [1.54, 1.807) is 0 Å². The molecule has 0 saturated heterocycles. The van der Waals surface area contributed by atoms with Crippen molar-refractivity contribution >= 4 is 5.78 Å². The van der Waals surface area contributed by atoms with Crippen LogP contribution in [-0.4, -0.2) is 17.0 Å². The van der Waals surface area contributed by atoms with Crippen molar-refractivity contribution in [1.29, 1.82) is 0 Å². The molecule has 0 aliphatic heterocycles. The van der Waals surface area contributed by atoms with Crippen LogP contribution < -0.4 is 0 Å². The van der Waals surface area contributed by atoms with Gasteiger partial charge in [-0.05, 0) is 38.2 Å². The first-order valence-corrected chi connectivity index (χ1v) is 5.84. The molecule has 1 saturated carbocycles. The van der Waals surface area contributed by atoms with Crippen molar-refractivity contribution in [3.63, 3.8) is 0 Å². The molecule has 1 aromatic carbocycles. The molecule has 1 aliphatic carbocycles. The van der Waals surface area contributed by atoms with Crippen LogP contribution in [0.15, 0.2) is 18.2 Å². The monoisotopic (exact) mass is 218 g/mol. The summed E-state index contributed by atoms with van der Waals surface area (Å²) in [5, 5.41) is 9.71. The Bertz CT molecular complexity index is 385. The van der Waals surface area contributed by atoms with Crippen molar-refractivity contribution in [1.82, 2.24) is 0 Å². The van der Waals surface area contributed by atoms with Crippen LogP contribution in [0.5, 0.6) is 0 Å². The minimum Gasteiger partial charge on any atom is -0.385 e. The van der Waals surface area contributed by atoms with Crippen molar-refractivity contribution in [3.8, 4) is 0 Å². The van der Waals surface area contributed by atoms with Crippen molar-refractivity contribution < 1.29 is 9.90 Å². The number of hydrogen-bond acceptors (Lipinski definition) is 2. The lowest BCUT2D eigenvalue weighted by Crippen LogP contribution is -2.24. The number of carbonyl (C=O) groups excluding carboxylic acids is 1. The standard InChI is InChI=1S/C14H18O2/c1-9-5-10(2)7-11(6-9)8-13(15)14(16)12-3-4-12/h5-7,12,14,16H,3-4,8H2,1-2H3. The third-order valence-corrected chi connectivity index (χ3v) is 3.06. The summed E-state index contributed by atoms with van der Waals surface area (Å²) in [5.74, 6) is 0.200. The Hall–Kier alpha value is -1.15. The molecule has 1 aromatic rings. The number of aliphatic hydroxyl groups is 1. The third-order valence-electron chi connectivity index (χ3n) is 3.06. The average molecular weight is 218 g/mol. The fraction of sp³-hybridized carbons (Fsp3) is 0.500. The Morgan fingerprint density at radius 2 is 1.88 bits per heavy atom. The zero-order valence-electron chi connectivity index (χ0n) is 9.86. The highest BCUT2D eigenvalue weighted by atomic mass is 16.3. The lowest BCUT2D eigenvalue weighted by molar-refractivity contribution is -0.127. The van der Waals surface area contributed by atoms with E-state index in [1.165, 1.54) is 11.1 Å². The van der Waals surface area contributed by atoms with Crippen LogP contribution in [0.2, 0.25) is 0 Å². The zero-order chi connectivity index (χ0) is 11.7. The molecule has 86 valence electrons. The summed E-state index contributed by atoms with van der Waals surface area (Å²) >= 11 is 0. The number of hydrogen-bond donors (Lipinski definition) is 1. The second-order valence-electron chi connectivity index (χ2n) is 4.92. The molecule has 1 unspecified atom stereocenters. The van der Waals surface area contributed by atoms with Gasteiger partial charge in [0.25, 0.3) is 0 Å². The molecular weight excluding hydrogens is 200 g/mol. The Balaban J connectivity index is 2.04. The van der Waals surface area contributed by atoms with Gasteiger partial charge in [0, 0.05) is 6.42 Å². The summed E-state index contributed by atoms with van der Waals surface area (Å²) in [6.45, 7) is 4.05. The van der Waals surface area contributed by atoms with Gasteiger partial charge in [0.1, 0.15) is 6.10 Å². The minimum absolute atomic E-state index is 0.0347. The van der Waals surface area contributed by atoms with Crippen molar-refractivity contribution in [3.05, 3.63) is 34.9 Å². The van der Waals surface area contributed by atoms with E-state index in [2.05, 4.69) is 6.07 Å². The molecule has 1 aliphatic rings. The summed E-state index contributed by atoms with van der Waals surface area (Å²) < 4.78 is 0. The SMILES string of the molecule is Cc1cc(C)cc(CC(=O)C(O)C2CC2)c1. The van der Waals surface area contributed by atoms with E-state index < -0.39 is 6.10 Å². The smallest absolute Gasteiger partial charge is 0.165 e. The van der Waals surface area contributed by atoms with Crippen LogP contribution in [0.1, 0.15) is 29.5 Å². The largest absolute Gasteiger partial charge is 0.385 e. The van der Waals surface area contributed by atoms with E-state index in [0.29, 0.717) is 6.42 Å². The fourth-order valence-electron chi connectivity index (χ4n) is 2.15. The van der Waals surface area contributed by atoms with Gasteiger partial charge in [-0.15, -0.1) is 0 Å². The van der Waals surface area contributed by atoms with Gasteiger partial charge in [0.2, 0.25) is 0 Å². The summed E-state index contributed by atoms with van der Waals surface area (Å²) in [6.07, 6.45) is 1.63. The Kier molecular flexibility index (Phi) is 3.10. The van der Waals surface area contributed by atoms with E-state index >= 15 is 0 Å². The second kappa shape index (κ2) is 4.38. The third kappa shape index (κ3) is 2.70. The van der Waals surface area contributed by atoms with Crippen molar-refractivity contribution in [2.45, 2.75) is 39.2 Å². The number of rotatable bonds is 4. The molecule has 0 heterocycles. The first-order chi connectivity index (χ1) is 7.56. The van der Waals surface area contributed by atoms with Gasteiger partial charge >= 0.3 is 0 Å². The molecule has 2 rings (SSSR count). The van der Waals surface area contributed by atoms with Gasteiger partial charge in [-0.3, -0.25) is 4.79 Å². The van der Waals surface area contributed by atoms with E-state index in [0.717, 1.165) is 18.4 Å². The number of aliphatic hydroxyl groups excluding tert-OH is 1. The molecule has 0 aromatic heterocycles. The molecule has 0 amide bonds. The van der Waals surface area contributed by atoms with Crippen molar-refractivity contribution in [2.24, 2.45) is 5.92 Å². The fourth-order valence-corrected chi connectivity index (χ4v) is 2.15. The molecule has 1 N–H and O–H groups in total. The first kappa shape index (κ1) is 11.3. The normalized spacial score (nSPS) is 17.2. The van der Waals surface area contributed by atoms with Crippen LogP contribution in [0, 0.1) is 19.8 Å². The highest BCUT2D eigenvalue weighted by Gasteiger charge is 2.34. The van der Waals surface area contributed by atoms with Crippen LogP contribution in [0.25, 0.3) is 0 Å². The highest BCUT2D eigenvalue weighted by molar-refractivity contribution is 5.85. The average Bonchev–Trinajstić information content (AvgIpc) is 2.97. The topological polar surface area (TPSA) is 37.3 Å². The molecule has 1 fully saturated rings. The maximum atomic E-state index is 11.8. The number of benzene rings is 1. The van der Waals surface area contributed by atoms with Gasteiger partial charge in [0.15, 0.2) is 5.78 Å². The molecule has 0 bridgehead atoms. The maximum Gasteiger partial charge on any atom is 0.165 e. The second-order valence-corrected chi connectivity index (χ2v) is 4.92. The zero-order valence-corrected chi connectivity index (χ0v) is 9.86. The van der Waals surface area contributed by atoms with Crippen LogP contribution in [0.4, 0.5) is 0 Å². The number of carbonyl (C=O) groups is 1. The van der Waals surface area contributed by atoms with E-state index in [4.69, 9.17) is 0 Å². The molecule has 0 spiro atoms. The van der Waals surface area contributed by atoms with Crippen molar-refractivity contribution in [2.75, 3.05) is 0 Å². The summed E-state index contributed by atoms with van der Waals surface area (Å²) in [4.78, 5) is 11.8. The minimum atomic E-state index is -0.735. The van der Waals surface area contributed by atoms with Crippen LogP contribution in [-0.2, 0) is 11.2 Å². The molecule has 1 atom stereocenters. The molecule has 0 radical (unpaired) electrons. The summed E-state index contributed by atoms with van der Waals surface area (Å²) in [5.41, 5.74) is 3.36. The number of aryl methyl sites for hydroxylation is 2. The summed E-state index contributed by atoms with van der Waals surface area (Å²) in [6, 6.07) is 6.13. The number of ketones is 1. The number of Topliss-reactive ketones (excluding diaryl/α,β-unsaturated/α-hetero) is 1. The summed E-state index contributed by atoms with van der Waals surface area (Å²) in [7, 11) is 0. The van der Waals surface area contributed by atoms with Crippen LogP contribution >= 0.6 is 0 Å². The van der Waals surface area contributed by atoms with E-state index in [9.17, 15) is 9.90 Å². The Morgan fingerprint density at radius 1 is 1.31 bits per heavy atom. The lowest BCUT2D eigenvalue weighted by Gasteiger charge is -2.09. The quantitative estimate of drug-likeness (QED) is 0.841. The van der Waals surface area contributed by atoms with Crippen LogP contribution in [0.3, 0.4) is 0 Å². The van der Waals surface area contributed by atoms with Gasteiger partial charge < -0.3 is 5.11 Å². The van der Waals surface area contributed by atoms with Gasteiger partial charge in [0.05, 0.1) is 0 Å². The first-order valence-electron chi connectivity index (χ1n) is 5.84. The Labute approximate surface area is 96.3 Å².